The van der Waals surface area contributed by atoms with Crippen molar-refractivity contribution in [2.24, 2.45) is 29.6 Å². The van der Waals surface area contributed by atoms with Gasteiger partial charge in [0.1, 0.15) is 5.75 Å². The first-order chi connectivity index (χ1) is 14.9. The predicted octanol–water partition coefficient (Wildman–Crippen LogP) is 8.66. The van der Waals surface area contributed by atoms with E-state index in [2.05, 4.69) is 17.4 Å². The van der Waals surface area contributed by atoms with Gasteiger partial charge in [0.05, 0.1) is 0 Å². The Morgan fingerprint density at radius 2 is 1.39 bits per heavy atom. The fourth-order valence-electron chi connectivity index (χ4n) is 6.93. The average molecular weight is 435 g/mol. The van der Waals surface area contributed by atoms with Gasteiger partial charge in [-0.15, -0.1) is 19.8 Å². The highest BCUT2D eigenvalue weighted by Crippen LogP contribution is 2.50. The van der Waals surface area contributed by atoms with E-state index in [1.807, 2.05) is 12.1 Å². The first kappa shape index (κ1) is 22.7. The fourth-order valence-corrected chi connectivity index (χ4v) is 6.93. The van der Waals surface area contributed by atoms with Gasteiger partial charge < -0.3 is 4.74 Å². The van der Waals surface area contributed by atoms with Crippen molar-refractivity contribution in [1.29, 1.82) is 0 Å². The van der Waals surface area contributed by atoms with Crippen molar-refractivity contribution in [2.45, 2.75) is 89.3 Å². The van der Waals surface area contributed by atoms with E-state index in [0.29, 0.717) is 5.92 Å². The first-order valence-corrected chi connectivity index (χ1v) is 12.4. The molecule has 3 fully saturated rings. The van der Waals surface area contributed by atoms with Crippen molar-refractivity contribution >= 4 is 0 Å². The molecule has 1 nitrogen and oxygen atoms in total. The Bertz CT molecular complexity index is 702. The van der Waals surface area contributed by atoms with Crippen LogP contribution in [0, 0.1) is 29.6 Å². The molecule has 4 heteroatoms. The quantitative estimate of drug-likeness (QED) is 0.407. The Morgan fingerprint density at radius 1 is 0.806 bits per heavy atom. The molecule has 0 amide bonds. The Balaban J connectivity index is 1.24. The van der Waals surface area contributed by atoms with Gasteiger partial charge in [-0.05, 0) is 124 Å². The van der Waals surface area contributed by atoms with Crippen LogP contribution in [0.25, 0.3) is 0 Å². The van der Waals surface area contributed by atoms with Crippen molar-refractivity contribution in [3.63, 3.8) is 0 Å². The van der Waals surface area contributed by atoms with E-state index in [9.17, 15) is 13.2 Å². The van der Waals surface area contributed by atoms with Gasteiger partial charge in [-0.1, -0.05) is 24.6 Å². The van der Waals surface area contributed by atoms with Crippen molar-refractivity contribution in [1.82, 2.24) is 0 Å². The maximum absolute atomic E-state index is 12.4. The Kier molecular flexibility index (Phi) is 7.33. The van der Waals surface area contributed by atoms with Crippen LogP contribution in [0.4, 0.5) is 13.2 Å². The van der Waals surface area contributed by atoms with Crippen LogP contribution in [0.5, 0.6) is 5.75 Å². The third-order valence-corrected chi connectivity index (χ3v) is 8.56. The molecule has 4 unspecified atom stereocenters. The molecule has 31 heavy (non-hydrogen) atoms. The number of allylic oxidation sites excluding steroid dienone is 1. The van der Waals surface area contributed by atoms with Crippen LogP contribution in [0.15, 0.2) is 36.9 Å². The van der Waals surface area contributed by atoms with Gasteiger partial charge in [0.15, 0.2) is 0 Å². The first-order valence-electron chi connectivity index (χ1n) is 12.4. The zero-order valence-electron chi connectivity index (χ0n) is 18.6. The fraction of sp³-hybridized carbons (Fsp3) is 0.704. The van der Waals surface area contributed by atoms with E-state index in [-0.39, 0.29) is 5.75 Å². The van der Waals surface area contributed by atoms with Gasteiger partial charge in [-0.3, -0.25) is 0 Å². The maximum atomic E-state index is 12.4. The summed E-state index contributed by atoms with van der Waals surface area (Å²) < 4.78 is 41.1. The number of ether oxygens (including phenoxy) is 1. The van der Waals surface area contributed by atoms with Crippen molar-refractivity contribution < 1.29 is 17.9 Å². The van der Waals surface area contributed by atoms with E-state index < -0.39 is 6.36 Å². The lowest BCUT2D eigenvalue weighted by Crippen LogP contribution is -2.34. The van der Waals surface area contributed by atoms with Crippen LogP contribution >= 0.6 is 0 Å². The molecule has 1 aromatic carbocycles. The van der Waals surface area contributed by atoms with E-state index in [1.165, 1.54) is 89.2 Å². The van der Waals surface area contributed by atoms with Gasteiger partial charge in [0.25, 0.3) is 0 Å². The minimum absolute atomic E-state index is 0.124. The maximum Gasteiger partial charge on any atom is 0.573 e. The summed E-state index contributed by atoms with van der Waals surface area (Å²) >= 11 is 0. The molecule has 0 spiro atoms. The molecule has 0 bridgehead atoms. The molecule has 1 aromatic rings. The summed E-state index contributed by atoms with van der Waals surface area (Å²) in [6.07, 6.45) is 13.4. The van der Waals surface area contributed by atoms with Crippen molar-refractivity contribution in [2.75, 3.05) is 0 Å². The number of rotatable bonds is 6. The summed E-state index contributed by atoms with van der Waals surface area (Å²) in [4.78, 5) is 0. The topological polar surface area (TPSA) is 9.23 Å². The molecule has 0 heterocycles. The normalized spacial score (nSPS) is 34.0. The standard InChI is InChI=1S/C27H37F3O/c1-2-3-4-19-5-6-25-18-24(12-11-23(25)17-19)22-9-7-20(8-10-22)21-13-15-26(16-14-21)31-27(28,29)30/h2,13-16,19-20,22-25H,1,3-12,17-18H2. The molecule has 3 aliphatic carbocycles. The van der Waals surface area contributed by atoms with E-state index in [4.69, 9.17) is 0 Å². The SMILES string of the molecule is C=CCCC1CCC2CC(C3CCC(c4ccc(OC(F)(F)F)cc4)CC3)CCC2C1. The summed E-state index contributed by atoms with van der Waals surface area (Å²) in [5.74, 6) is 4.96. The molecular formula is C27H37F3O. The molecule has 0 aliphatic heterocycles. The molecule has 0 N–H and O–H groups in total. The molecule has 172 valence electrons. The number of fused-ring (bicyclic) bond motifs is 1. The van der Waals surface area contributed by atoms with E-state index >= 15 is 0 Å². The van der Waals surface area contributed by atoms with Crippen LogP contribution in [-0.2, 0) is 0 Å². The third-order valence-electron chi connectivity index (χ3n) is 8.56. The van der Waals surface area contributed by atoms with Crippen LogP contribution in [-0.4, -0.2) is 6.36 Å². The Morgan fingerprint density at radius 3 is 2.03 bits per heavy atom. The molecule has 3 saturated carbocycles. The molecule has 3 aliphatic rings. The Labute approximate surface area is 185 Å². The number of hydrogen-bond acceptors (Lipinski definition) is 1. The van der Waals surface area contributed by atoms with Gasteiger partial charge in [0.2, 0.25) is 0 Å². The third kappa shape index (κ3) is 6.08. The lowest BCUT2D eigenvalue weighted by molar-refractivity contribution is -0.274. The minimum Gasteiger partial charge on any atom is -0.406 e. The summed E-state index contributed by atoms with van der Waals surface area (Å²) in [6.45, 7) is 3.88. The monoisotopic (exact) mass is 434 g/mol. The smallest absolute Gasteiger partial charge is 0.406 e. The lowest BCUT2D eigenvalue weighted by atomic mass is 9.60. The second-order valence-electron chi connectivity index (χ2n) is 10.4. The summed E-state index contributed by atoms with van der Waals surface area (Å²) in [5.41, 5.74) is 1.16. The summed E-state index contributed by atoms with van der Waals surface area (Å²) in [7, 11) is 0. The number of hydrogen-bond donors (Lipinski definition) is 0. The second kappa shape index (κ2) is 10.0. The molecule has 4 rings (SSSR count). The van der Waals surface area contributed by atoms with Crippen LogP contribution < -0.4 is 4.74 Å². The minimum atomic E-state index is -4.62. The average Bonchev–Trinajstić information content (AvgIpc) is 2.77. The molecule has 0 aromatic heterocycles. The van der Waals surface area contributed by atoms with Crippen LogP contribution in [0.1, 0.15) is 88.5 Å². The number of halogens is 3. The van der Waals surface area contributed by atoms with Crippen molar-refractivity contribution in [3.05, 3.63) is 42.5 Å². The van der Waals surface area contributed by atoms with Crippen molar-refractivity contribution in [3.8, 4) is 5.75 Å². The Hall–Kier alpha value is -1.45. The number of benzene rings is 1. The summed E-state index contributed by atoms with van der Waals surface area (Å²) in [5, 5.41) is 0. The largest absolute Gasteiger partial charge is 0.573 e. The molecule has 4 atom stereocenters. The predicted molar refractivity (Wildman–Crippen MR) is 119 cm³/mol. The lowest BCUT2D eigenvalue weighted by Gasteiger charge is -2.45. The highest BCUT2D eigenvalue weighted by Gasteiger charge is 2.38. The highest BCUT2D eigenvalue weighted by molar-refractivity contribution is 5.29. The van der Waals surface area contributed by atoms with E-state index in [0.717, 1.165) is 35.2 Å². The highest BCUT2D eigenvalue weighted by atomic mass is 19.4. The van der Waals surface area contributed by atoms with E-state index in [1.54, 1.807) is 0 Å². The zero-order chi connectivity index (χ0) is 21.8. The van der Waals surface area contributed by atoms with Gasteiger partial charge >= 0.3 is 6.36 Å². The molecular weight excluding hydrogens is 397 g/mol. The summed E-state index contributed by atoms with van der Waals surface area (Å²) in [6, 6.07) is 6.56. The van der Waals surface area contributed by atoms with Gasteiger partial charge in [-0.2, -0.15) is 0 Å². The van der Waals surface area contributed by atoms with Crippen LogP contribution in [0.2, 0.25) is 0 Å². The van der Waals surface area contributed by atoms with Gasteiger partial charge in [-0.25, -0.2) is 0 Å². The second-order valence-corrected chi connectivity index (χ2v) is 10.4. The van der Waals surface area contributed by atoms with Gasteiger partial charge in [0, 0.05) is 0 Å². The number of alkyl halides is 3. The molecule has 0 saturated heterocycles. The zero-order valence-corrected chi connectivity index (χ0v) is 18.6. The van der Waals surface area contributed by atoms with Crippen LogP contribution in [0.3, 0.4) is 0 Å². The molecule has 0 radical (unpaired) electrons.